The molecule has 1 aromatic carbocycles. The number of thiophene rings is 1. The van der Waals surface area contributed by atoms with Crippen molar-refractivity contribution in [3.05, 3.63) is 46.3 Å². The van der Waals surface area contributed by atoms with Crippen LogP contribution in [-0.2, 0) is 15.6 Å². The summed E-state index contributed by atoms with van der Waals surface area (Å²) in [7, 11) is 3.95. The van der Waals surface area contributed by atoms with E-state index in [4.69, 9.17) is 0 Å². The highest BCUT2D eigenvalue weighted by Crippen LogP contribution is 2.38. The number of carbonyl (C=O) groups excluding carboxylic acids is 3. The first-order valence-corrected chi connectivity index (χ1v) is 14.3. The molecule has 1 aliphatic rings. The number of hydrogen-bond acceptors (Lipinski definition) is 5. The van der Waals surface area contributed by atoms with E-state index in [1.54, 1.807) is 18.7 Å². The quantitative estimate of drug-likeness (QED) is 0.485. The Morgan fingerprint density at radius 1 is 1.00 bits per heavy atom. The van der Waals surface area contributed by atoms with Crippen molar-refractivity contribution in [3.8, 4) is 0 Å². The van der Waals surface area contributed by atoms with Gasteiger partial charge in [0, 0.05) is 36.7 Å². The normalized spacial score (nSPS) is 16.0. The second-order valence-corrected chi connectivity index (χ2v) is 14.1. The number of piperazine rings is 1. The maximum atomic E-state index is 14.0. The third-order valence-corrected chi connectivity index (χ3v) is 8.53. The van der Waals surface area contributed by atoms with Crippen LogP contribution in [0.5, 0.6) is 0 Å². The molecule has 1 aromatic heterocycles. The number of likely N-dealkylation sites (N-methyl/N-ethyl adjacent to an activating group) is 1. The number of para-hydroxylation sites is 1. The van der Waals surface area contributed by atoms with Crippen molar-refractivity contribution in [2.24, 2.45) is 0 Å². The van der Waals surface area contributed by atoms with Gasteiger partial charge in [-0.1, -0.05) is 59.7 Å². The highest BCUT2D eigenvalue weighted by molar-refractivity contribution is 7.16. The summed E-state index contributed by atoms with van der Waals surface area (Å²) < 4.78 is 0. The van der Waals surface area contributed by atoms with Gasteiger partial charge in [-0.05, 0) is 56.5 Å². The van der Waals surface area contributed by atoms with Gasteiger partial charge in [0.05, 0.1) is 5.56 Å². The molecule has 0 aliphatic carbocycles. The van der Waals surface area contributed by atoms with E-state index >= 15 is 0 Å². The first-order chi connectivity index (χ1) is 17.9. The Morgan fingerprint density at radius 3 is 2.23 bits per heavy atom. The van der Waals surface area contributed by atoms with E-state index in [-0.39, 0.29) is 22.6 Å². The van der Waals surface area contributed by atoms with Crippen molar-refractivity contribution in [2.75, 3.05) is 50.9 Å². The van der Waals surface area contributed by atoms with Crippen molar-refractivity contribution in [2.45, 2.75) is 71.8 Å². The molecule has 0 radical (unpaired) electrons. The lowest BCUT2D eigenvalue weighted by Crippen LogP contribution is -2.65. The summed E-state index contributed by atoms with van der Waals surface area (Å²) in [5, 5.41) is 6.41. The van der Waals surface area contributed by atoms with Gasteiger partial charge in [0.2, 0.25) is 5.91 Å². The Hall–Kier alpha value is -2.91. The highest BCUT2D eigenvalue weighted by atomic mass is 32.1. The third-order valence-electron chi connectivity index (χ3n) is 7.05. The monoisotopic (exact) mass is 555 g/mol. The topological polar surface area (TPSA) is 85.0 Å². The van der Waals surface area contributed by atoms with Crippen molar-refractivity contribution in [1.29, 1.82) is 0 Å². The van der Waals surface area contributed by atoms with Gasteiger partial charge in [0.25, 0.3) is 5.91 Å². The molecule has 8 nitrogen and oxygen atoms in total. The molecule has 1 aliphatic heterocycles. The van der Waals surface area contributed by atoms with E-state index < -0.39 is 11.6 Å². The molecule has 0 atom stereocenters. The predicted molar refractivity (Wildman–Crippen MR) is 161 cm³/mol. The molecule has 1 saturated heterocycles. The molecule has 9 heteroatoms. The molecule has 0 spiro atoms. The van der Waals surface area contributed by atoms with Crippen molar-refractivity contribution in [1.82, 2.24) is 14.7 Å². The lowest BCUT2D eigenvalue weighted by atomic mass is 9.86. The minimum atomic E-state index is -1.00. The first-order valence-electron chi connectivity index (χ1n) is 13.5. The molecular formula is C30H45N5O3S. The maximum absolute atomic E-state index is 14.0. The van der Waals surface area contributed by atoms with Crippen LogP contribution in [0.4, 0.5) is 15.5 Å². The molecule has 3 rings (SSSR count). The van der Waals surface area contributed by atoms with E-state index in [9.17, 15) is 14.4 Å². The molecule has 0 bridgehead atoms. The van der Waals surface area contributed by atoms with Crippen LogP contribution < -0.4 is 10.6 Å². The van der Waals surface area contributed by atoms with Crippen LogP contribution >= 0.6 is 11.3 Å². The molecule has 0 unspecified atom stereocenters. The smallest absolute Gasteiger partial charge is 0.324 e. The van der Waals surface area contributed by atoms with Gasteiger partial charge in [0.15, 0.2) is 0 Å². The first kappa shape index (κ1) is 30.6. The minimum absolute atomic E-state index is 0.0683. The van der Waals surface area contributed by atoms with Crippen LogP contribution in [-0.4, -0.2) is 78.4 Å². The van der Waals surface area contributed by atoms with Crippen LogP contribution in [0.2, 0.25) is 0 Å². The van der Waals surface area contributed by atoms with E-state index in [1.807, 2.05) is 54.2 Å². The summed E-state index contributed by atoms with van der Waals surface area (Å²) in [6.45, 7) is 18.4. The summed E-state index contributed by atoms with van der Waals surface area (Å²) in [6.07, 6.45) is 0. The zero-order chi connectivity index (χ0) is 29.3. The van der Waals surface area contributed by atoms with Crippen molar-refractivity contribution >= 4 is 39.9 Å². The molecule has 2 heterocycles. The molecule has 39 heavy (non-hydrogen) atoms. The Bertz CT molecular complexity index is 1220. The van der Waals surface area contributed by atoms with Gasteiger partial charge < -0.3 is 20.0 Å². The Balaban J connectivity index is 1.89. The fourth-order valence-corrected chi connectivity index (χ4v) is 5.76. The van der Waals surface area contributed by atoms with Gasteiger partial charge in [-0.25, -0.2) is 4.79 Å². The average molecular weight is 556 g/mol. The number of urea groups is 1. The maximum Gasteiger partial charge on any atom is 0.324 e. The largest absolute Gasteiger partial charge is 0.338 e. The summed E-state index contributed by atoms with van der Waals surface area (Å²) in [5.41, 5.74) is 0.780. The number of carbonyl (C=O) groups is 3. The Labute approximate surface area is 237 Å². The molecule has 2 aromatic rings. The summed E-state index contributed by atoms with van der Waals surface area (Å²) in [4.78, 5) is 47.1. The molecular weight excluding hydrogens is 510 g/mol. The van der Waals surface area contributed by atoms with E-state index in [0.29, 0.717) is 30.2 Å². The van der Waals surface area contributed by atoms with Crippen LogP contribution in [0.15, 0.2) is 30.3 Å². The summed E-state index contributed by atoms with van der Waals surface area (Å²) >= 11 is 1.40. The summed E-state index contributed by atoms with van der Waals surface area (Å²) in [6, 6.07) is 9.19. The van der Waals surface area contributed by atoms with Crippen molar-refractivity contribution < 1.29 is 14.4 Å². The van der Waals surface area contributed by atoms with E-state index in [2.05, 4.69) is 52.2 Å². The molecule has 0 saturated carbocycles. The molecule has 1 fully saturated rings. The Kier molecular flexibility index (Phi) is 8.87. The number of hydrogen-bond donors (Lipinski definition) is 2. The van der Waals surface area contributed by atoms with Crippen LogP contribution in [0, 0.1) is 0 Å². The number of nitrogens with one attached hydrogen (secondary N) is 2. The number of benzene rings is 1. The zero-order valence-corrected chi connectivity index (χ0v) is 26.0. The summed E-state index contributed by atoms with van der Waals surface area (Å²) in [5.74, 6) is -0.320. The van der Waals surface area contributed by atoms with Gasteiger partial charge in [0.1, 0.15) is 10.5 Å². The third kappa shape index (κ3) is 7.00. The van der Waals surface area contributed by atoms with Gasteiger partial charge >= 0.3 is 6.03 Å². The standard InChI is InChI=1S/C30H45N5O3S/c1-28(2,3)21-13-11-12-14-22(21)31-27(38)32-24-20(19-23(39-24)29(4,5)6)25(36)35-18-17-34(16-15-33(9)10)26(37)30(35,7)8/h11-14,19H,15-18H2,1-10H3,(H2,31,32,38). The second kappa shape index (κ2) is 11.3. The predicted octanol–water partition coefficient (Wildman–Crippen LogP) is 5.61. The van der Waals surface area contributed by atoms with Gasteiger partial charge in [-0.3, -0.25) is 14.9 Å². The number of anilines is 2. The molecule has 4 amide bonds. The Morgan fingerprint density at radius 2 is 1.64 bits per heavy atom. The van der Waals surface area contributed by atoms with Crippen LogP contribution in [0.25, 0.3) is 0 Å². The fraction of sp³-hybridized carbons (Fsp3) is 0.567. The van der Waals surface area contributed by atoms with Crippen LogP contribution in [0.3, 0.4) is 0 Å². The average Bonchev–Trinajstić information content (AvgIpc) is 3.23. The highest BCUT2D eigenvalue weighted by Gasteiger charge is 2.45. The lowest BCUT2D eigenvalue weighted by Gasteiger charge is -2.46. The van der Waals surface area contributed by atoms with E-state index in [0.717, 1.165) is 22.7 Å². The fourth-order valence-electron chi connectivity index (χ4n) is 4.65. The molecule has 2 N–H and O–H groups in total. The van der Waals surface area contributed by atoms with Crippen molar-refractivity contribution in [3.63, 3.8) is 0 Å². The van der Waals surface area contributed by atoms with E-state index in [1.165, 1.54) is 11.3 Å². The minimum Gasteiger partial charge on any atom is -0.338 e. The lowest BCUT2D eigenvalue weighted by molar-refractivity contribution is -0.146. The number of nitrogens with zero attached hydrogens (tertiary/aromatic N) is 3. The van der Waals surface area contributed by atoms with Gasteiger partial charge in [-0.15, -0.1) is 11.3 Å². The SMILES string of the molecule is CN(C)CCN1CCN(C(=O)c2cc(C(C)(C)C)sc2NC(=O)Nc2ccccc2C(C)(C)C)C(C)(C)C1=O. The second-order valence-electron chi connectivity index (χ2n) is 13.1. The van der Waals surface area contributed by atoms with Crippen LogP contribution in [0.1, 0.15) is 76.2 Å². The molecule has 214 valence electrons. The van der Waals surface area contributed by atoms with Gasteiger partial charge in [-0.2, -0.15) is 0 Å². The number of amides is 4. The number of rotatable bonds is 6. The zero-order valence-electron chi connectivity index (χ0n) is 25.2.